The molecule has 4 rings (SSSR count). The zero-order valence-corrected chi connectivity index (χ0v) is 23.2. The van der Waals surface area contributed by atoms with Gasteiger partial charge in [-0.3, -0.25) is 14.7 Å². The number of morpholine rings is 1. The first-order chi connectivity index (χ1) is 19.1. The first-order valence-electron chi connectivity index (χ1n) is 13.8. The van der Waals surface area contributed by atoms with E-state index in [0.29, 0.717) is 30.2 Å². The minimum absolute atomic E-state index is 0.143. The number of halogens is 1. The van der Waals surface area contributed by atoms with Gasteiger partial charge in [0.2, 0.25) is 5.91 Å². The van der Waals surface area contributed by atoms with E-state index in [1.54, 1.807) is 12.3 Å². The van der Waals surface area contributed by atoms with Gasteiger partial charge in [-0.05, 0) is 54.8 Å². The minimum atomic E-state index is -0.388. The van der Waals surface area contributed by atoms with Crippen LogP contribution in [0.2, 0.25) is 0 Å². The topological polar surface area (TPSA) is 72.9 Å². The Morgan fingerprint density at radius 3 is 2.44 bits per heavy atom. The van der Waals surface area contributed by atoms with Crippen molar-refractivity contribution in [2.75, 3.05) is 46.1 Å². The van der Waals surface area contributed by atoms with Gasteiger partial charge in [0, 0.05) is 49.7 Å². The molecule has 1 aliphatic heterocycles. The van der Waals surface area contributed by atoms with E-state index < -0.39 is 0 Å². The van der Waals surface area contributed by atoms with Crippen molar-refractivity contribution in [2.45, 2.75) is 40.2 Å². The van der Waals surface area contributed by atoms with Crippen LogP contribution in [-0.4, -0.2) is 61.9 Å². The second kappa shape index (κ2) is 16.5. The van der Waals surface area contributed by atoms with Crippen LogP contribution < -0.4 is 14.8 Å². The van der Waals surface area contributed by atoms with Gasteiger partial charge < -0.3 is 19.5 Å². The van der Waals surface area contributed by atoms with Crippen LogP contribution in [0, 0.1) is 5.82 Å². The number of nitrogens with one attached hydrogen (secondary N) is 1. The van der Waals surface area contributed by atoms with Crippen LogP contribution in [0.1, 0.15) is 38.4 Å². The number of carbonyl (C=O) groups excluding carboxylic acids is 1. The first-order valence-corrected chi connectivity index (χ1v) is 13.8. The van der Waals surface area contributed by atoms with Crippen molar-refractivity contribution in [2.24, 2.45) is 0 Å². The molecule has 7 nitrogen and oxygen atoms in total. The van der Waals surface area contributed by atoms with Crippen molar-refractivity contribution in [3.63, 3.8) is 0 Å². The van der Waals surface area contributed by atoms with Crippen LogP contribution in [0.4, 0.5) is 4.39 Å². The van der Waals surface area contributed by atoms with E-state index in [1.165, 1.54) is 12.1 Å². The third-order valence-corrected chi connectivity index (χ3v) is 6.08. The van der Waals surface area contributed by atoms with Crippen molar-refractivity contribution >= 4 is 5.91 Å². The number of pyridine rings is 1. The fraction of sp³-hybridized carbons (Fsp3) is 0.419. The number of hydrogen-bond donors (Lipinski definition) is 1. The second-order valence-corrected chi connectivity index (χ2v) is 8.90. The summed E-state index contributed by atoms with van der Waals surface area (Å²) in [6.45, 7) is 11.6. The Kier molecular flexibility index (Phi) is 12.7. The van der Waals surface area contributed by atoms with Crippen LogP contribution in [0.5, 0.6) is 11.5 Å². The zero-order chi connectivity index (χ0) is 27.9. The SMILES string of the molecule is CC.CCOc1ccc(-c2ccc(CC(=O)NCc3cc(F)cc(OCCCN4CCOCC4)c3)nc2)cc1. The van der Waals surface area contributed by atoms with Crippen LogP contribution in [0.25, 0.3) is 11.1 Å². The maximum Gasteiger partial charge on any atom is 0.226 e. The van der Waals surface area contributed by atoms with E-state index in [9.17, 15) is 9.18 Å². The molecule has 1 fully saturated rings. The maximum atomic E-state index is 14.1. The number of aromatic nitrogens is 1. The van der Waals surface area contributed by atoms with E-state index >= 15 is 0 Å². The molecule has 210 valence electrons. The van der Waals surface area contributed by atoms with Gasteiger partial charge in [0.25, 0.3) is 0 Å². The molecule has 0 unspecified atom stereocenters. The average Bonchev–Trinajstić information content (AvgIpc) is 2.97. The lowest BCUT2D eigenvalue weighted by Crippen LogP contribution is -2.37. The van der Waals surface area contributed by atoms with Gasteiger partial charge in [-0.1, -0.05) is 32.0 Å². The first kappa shape index (κ1) is 30.1. The highest BCUT2D eigenvalue weighted by Crippen LogP contribution is 2.22. The Morgan fingerprint density at radius 2 is 1.74 bits per heavy atom. The lowest BCUT2D eigenvalue weighted by atomic mass is 10.1. The Hall–Kier alpha value is -3.49. The van der Waals surface area contributed by atoms with Gasteiger partial charge >= 0.3 is 0 Å². The Bertz CT molecular complexity index is 1130. The fourth-order valence-electron chi connectivity index (χ4n) is 4.15. The van der Waals surface area contributed by atoms with Gasteiger partial charge in [-0.15, -0.1) is 0 Å². The largest absolute Gasteiger partial charge is 0.494 e. The molecule has 0 atom stereocenters. The molecule has 1 saturated heterocycles. The van der Waals surface area contributed by atoms with E-state index in [2.05, 4.69) is 15.2 Å². The minimum Gasteiger partial charge on any atom is -0.494 e. The highest BCUT2D eigenvalue weighted by atomic mass is 19.1. The summed E-state index contributed by atoms with van der Waals surface area (Å²) < 4.78 is 30.7. The number of hydrogen-bond acceptors (Lipinski definition) is 6. The number of ether oxygens (including phenoxy) is 3. The molecule has 1 N–H and O–H groups in total. The molecule has 8 heteroatoms. The number of rotatable bonds is 12. The molecule has 2 heterocycles. The molecule has 2 aromatic carbocycles. The lowest BCUT2D eigenvalue weighted by molar-refractivity contribution is -0.120. The molecule has 1 aromatic heterocycles. The summed E-state index contributed by atoms with van der Waals surface area (Å²) in [7, 11) is 0. The molecule has 39 heavy (non-hydrogen) atoms. The van der Waals surface area contributed by atoms with Crippen molar-refractivity contribution in [1.29, 1.82) is 0 Å². The third-order valence-electron chi connectivity index (χ3n) is 6.08. The number of benzene rings is 2. The van der Waals surface area contributed by atoms with Gasteiger partial charge in [0.1, 0.15) is 17.3 Å². The van der Waals surface area contributed by atoms with Gasteiger partial charge in [-0.2, -0.15) is 0 Å². The molecule has 0 saturated carbocycles. The molecule has 0 radical (unpaired) electrons. The summed E-state index contributed by atoms with van der Waals surface area (Å²) in [6.07, 6.45) is 2.75. The second-order valence-electron chi connectivity index (χ2n) is 8.90. The zero-order valence-electron chi connectivity index (χ0n) is 23.2. The molecule has 0 spiro atoms. The highest BCUT2D eigenvalue weighted by molar-refractivity contribution is 5.78. The lowest BCUT2D eigenvalue weighted by Gasteiger charge is -2.26. The van der Waals surface area contributed by atoms with E-state index in [4.69, 9.17) is 14.2 Å². The van der Waals surface area contributed by atoms with E-state index in [-0.39, 0.29) is 24.7 Å². The normalized spacial score (nSPS) is 13.2. The molecule has 0 aliphatic carbocycles. The van der Waals surface area contributed by atoms with Crippen molar-refractivity contribution in [3.05, 3.63) is 77.9 Å². The highest BCUT2D eigenvalue weighted by Gasteiger charge is 2.10. The van der Waals surface area contributed by atoms with Crippen LogP contribution in [0.3, 0.4) is 0 Å². The molecule has 3 aromatic rings. The monoisotopic (exact) mass is 537 g/mol. The third kappa shape index (κ3) is 10.3. The fourth-order valence-corrected chi connectivity index (χ4v) is 4.15. The molecular weight excluding hydrogens is 497 g/mol. The predicted molar refractivity (Wildman–Crippen MR) is 152 cm³/mol. The van der Waals surface area contributed by atoms with Gasteiger partial charge in [0.05, 0.1) is 32.8 Å². The number of carbonyl (C=O) groups is 1. The molecule has 1 amide bonds. The standard InChI is InChI=1S/C29H34FN3O4.C2H6/c1-2-36-27-8-5-23(6-9-27)24-4-7-26(31-21-24)19-29(34)32-20-22-16-25(30)18-28(17-22)37-13-3-10-33-11-14-35-15-12-33;1-2/h4-9,16-18,21H,2-3,10-15,19-20H2,1H3,(H,32,34);1-2H3. The Morgan fingerprint density at radius 1 is 1.00 bits per heavy atom. The van der Waals surface area contributed by atoms with Crippen LogP contribution in [0.15, 0.2) is 60.8 Å². The van der Waals surface area contributed by atoms with Crippen molar-refractivity contribution in [3.8, 4) is 22.6 Å². The summed E-state index contributed by atoms with van der Waals surface area (Å²) in [5.74, 6) is 0.728. The number of nitrogens with zero attached hydrogens (tertiary/aromatic N) is 2. The molecule has 0 bridgehead atoms. The van der Waals surface area contributed by atoms with E-state index in [1.807, 2.05) is 57.2 Å². The summed E-state index contributed by atoms with van der Waals surface area (Å²) in [5, 5.41) is 2.84. The smallest absolute Gasteiger partial charge is 0.226 e. The number of amides is 1. The summed E-state index contributed by atoms with van der Waals surface area (Å²) in [6, 6.07) is 16.1. The van der Waals surface area contributed by atoms with Crippen LogP contribution in [-0.2, 0) is 22.5 Å². The Labute approximate surface area is 231 Å². The van der Waals surface area contributed by atoms with Crippen molar-refractivity contribution in [1.82, 2.24) is 15.2 Å². The Balaban J connectivity index is 0.00000205. The van der Waals surface area contributed by atoms with Gasteiger partial charge in [0.15, 0.2) is 0 Å². The van der Waals surface area contributed by atoms with Gasteiger partial charge in [-0.25, -0.2) is 4.39 Å². The van der Waals surface area contributed by atoms with Crippen molar-refractivity contribution < 1.29 is 23.4 Å². The molecular formula is C31H40FN3O4. The summed E-state index contributed by atoms with van der Waals surface area (Å²) in [5.41, 5.74) is 3.30. The predicted octanol–water partition coefficient (Wildman–Crippen LogP) is 5.27. The summed E-state index contributed by atoms with van der Waals surface area (Å²) in [4.78, 5) is 19.2. The van der Waals surface area contributed by atoms with Crippen LogP contribution >= 0.6 is 0 Å². The average molecular weight is 538 g/mol. The van der Waals surface area contributed by atoms with E-state index in [0.717, 1.165) is 56.1 Å². The quantitative estimate of drug-likeness (QED) is 0.317. The molecule has 1 aliphatic rings. The summed E-state index contributed by atoms with van der Waals surface area (Å²) >= 11 is 0. The maximum absolute atomic E-state index is 14.1.